The van der Waals surface area contributed by atoms with Crippen LogP contribution in [0.1, 0.15) is 25.3 Å². The Morgan fingerprint density at radius 3 is 2.77 bits per heavy atom. The van der Waals surface area contributed by atoms with Gasteiger partial charge in [0.2, 0.25) is 0 Å². The van der Waals surface area contributed by atoms with Crippen molar-refractivity contribution in [3.05, 3.63) is 42.1 Å². The van der Waals surface area contributed by atoms with Crippen molar-refractivity contribution in [3.63, 3.8) is 0 Å². The first kappa shape index (κ1) is 20.6. The third-order valence-electron chi connectivity index (χ3n) is 5.28. The average Bonchev–Trinajstić information content (AvgIpc) is 3.22. The number of aromatic nitrogens is 3. The van der Waals surface area contributed by atoms with Gasteiger partial charge in [0.25, 0.3) is 0 Å². The zero-order chi connectivity index (χ0) is 21.1. The van der Waals surface area contributed by atoms with Crippen LogP contribution in [-0.4, -0.2) is 65.3 Å². The second-order valence-corrected chi connectivity index (χ2v) is 7.82. The number of fused-ring (bicyclic) bond motifs is 1. The van der Waals surface area contributed by atoms with Gasteiger partial charge in [-0.15, -0.1) is 0 Å². The first-order chi connectivity index (χ1) is 14.6. The van der Waals surface area contributed by atoms with Crippen molar-refractivity contribution in [1.29, 1.82) is 0 Å². The minimum Gasteiger partial charge on any atom is -0.491 e. The monoisotopic (exact) mass is 411 g/mol. The molecule has 160 valence electrons. The van der Waals surface area contributed by atoms with Gasteiger partial charge < -0.3 is 25.2 Å². The summed E-state index contributed by atoms with van der Waals surface area (Å²) >= 11 is 0. The van der Waals surface area contributed by atoms with E-state index in [0.29, 0.717) is 24.9 Å². The largest absolute Gasteiger partial charge is 0.491 e. The summed E-state index contributed by atoms with van der Waals surface area (Å²) < 4.78 is 13.2. The van der Waals surface area contributed by atoms with Gasteiger partial charge >= 0.3 is 0 Å². The third kappa shape index (κ3) is 4.26. The summed E-state index contributed by atoms with van der Waals surface area (Å²) in [5.74, 6) is 2.00. The fourth-order valence-corrected chi connectivity index (χ4v) is 3.54. The third-order valence-corrected chi connectivity index (χ3v) is 5.28. The number of aliphatic hydroxyl groups excluding tert-OH is 1. The minimum atomic E-state index is -0.684. The van der Waals surface area contributed by atoms with E-state index >= 15 is 0 Å². The van der Waals surface area contributed by atoms with Crippen LogP contribution in [0.25, 0.3) is 16.9 Å². The molecule has 1 aliphatic rings. The Morgan fingerprint density at radius 1 is 1.23 bits per heavy atom. The van der Waals surface area contributed by atoms with Crippen LogP contribution in [-0.2, 0) is 4.74 Å². The Morgan fingerprint density at radius 2 is 2.03 bits per heavy atom. The molecule has 0 saturated carbocycles. The molecule has 3 aromatic rings. The van der Waals surface area contributed by atoms with Gasteiger partial charge in [0, 0.05) is 36.8 Å². The molecular formula is C22H29N5O3. The van der Waals surface area contributed by atoms with E-state index in [-0.39, 0.29) is 13.2 Å². The Balaban J connectivity index is 1.76. The number of nitrogens with zero attached hydrogens (tertiary/aromatic N) is 4. The number of morpholine rings is 1. The summed E-state index contributed by atoms with van der Waals surface area (Å²) in [5, 5.41) is 14.3. The molecule has 8 nitrogen and oxygen atoms in total. The van der Waals surface area contributed by atoms with Crippen molar-refractivity contribution in [3.8, 4) is 17.0 Å². The van der Waals surface area contributed by atoms with Crippen LogP contribution >= 0.6 is 0 Å². The van der Waals surface area contributed by atoms with Crippen molar-refractivity contribution in [2.24, 2.45) is 5.73 Å². The van der Waals surface area contributed by atoms with Crippen LogP contribution in [0.5, 0.6) is 5.75 Å². The molecule has 1 aliphatic heterocycles. The summed E-state index contributed by atoms with van der Waals surface area (Å²) in [4.78, 5) is 7.24. The van der Waals surface area contributed by atoms with Crippen LogP contribution < -0.4 is 15.4 Å². The van der Waals surface area contributed by atoms with E-state index in [1.807, 2.05) is 35.0 Å². The van der Waals surface area contributed by atoms with Crippen molar-refractivity contribution in [2.75, 3.05) is 44.4 Å². The standard InChI is InChI=1S/C22H29N5O3/c1-15(2)19-13-24-27-21(26-6-8-29-9-7-26)11-20(25-22(19)27)16-4-3-5-18(10-16)30-14-17(28)12-23/h3-5,10-11,13,15,17,28H,6-9,12,14,23H2,1-2H3/t17-/m0/s1. The van der Waals surface area contributed by atoms with Crippen molar-refractivity contribution in [2.45, 2.75) is 25.9 Å². The predicted octanol–water partition coefficient (Wildman–Crippen LogP) is 2.05. The molecule has 0 amide bonds. The second-order valence-electron chi connectivity index (χ2n) is 7.82. The Labute approximate surface area is 176 Å². The average molecular weight is 412 g/mol. The number of hydrogen-bond acceptors (Lipinski definition) is 7. The van der Waals surface area contributed by atoms with E-state index in [1.54, 1.807) is 0 Å². The van der Waals surface area contributed by atoms with Crippen molar-refractivity contribution < 1.29 is 14.6 Å². The maximum absolute atomic E-state index is 9.68. The van der Waals surface area contributed by atoms with Gasteiger partial charge in [0.15, 0.2) is 5.65 Å². The summed E-state index contributed by atoms with van der Waals surface area (Å²) in [6, 6.07) is 9.82. The quantitative estimate of drug-likeness (QED) is 0.614. The van der Waals surface area contributed by atoms with E-state index in [0.717, 1.165) is 41.4 Å². The molecule has 0 unspecified atom stereocenters. The molecule has 3 N–H and O–H groups in total. The normalized spacial score (nSPS) is 15.7. The molecule has 4 rings (SSSR count). The molecule has 0 spiro atoms. The number of benzene rings is 1. The second kappa shape index (κ2) is 8.99. The van der Waals surface area contributed by atoms with E-state index in [1.165, 1.54) is 0 Å². The lowest BCUT2D eigenvalue weighted by Gasteiger charge is -2.29. The Hall–Kier alpha value is -2.68. The van der Waals surface area contributed by atoms with E-state index in [4.69, 9.17) is 20.2 Å². The van der Waals surface area contributed by atoms with Gasteiger partial charge in [0.05, 0.1) is 25.1 Å². The molecule has 1 saturated heterocycles. The van der Waals surface area contributed by atoms with Crippen LogP contribution in [0.2, 0.25) is 0 Å². The highest BCUT2D eigenvalue weighted by Gasteiger charge is 2.20. The minimum absolute atomic E-state index is 0.158. The molecule has 1 fully saturated rings. The van der Waals surface area contributed by atoms with Crippen LogP contribution in [0.3, 0.4) is 0 Å². The number of hydrogen-bond donors (Lipinski definition) is 2. The highest BCUT2D eigenvalue weighted by molar-refractivity contribution is 5.69. The van der Waals surface area contributed by atoms with Crippen molar-refractivity contribution >= 4 is 11.5 Å². The highest BCUT2D eigenvalue weighted by Crippen LogP contribution is 2.30. The fourth-order valence-electron chi connectivity index (χ4n) is 3.54. The molecule has 8 heteroatoms. The van der Waals surface area contributed by atoms with Crippen molar-refractivity contribution in [1.82, 2.24) is 14.6 Å². The zero-order valence-corrected chi connectivity index (χ0v) is 17.5. The maximum atomic E-state index is 9.68. The van der Waals surface area contributed by atoms with E-state index in [9.17, 15) is 5.11 Å². The number of nitrogens with two attached hydrogens (primary N) is 1. The fraction of sp³-hybridized carbons (Fsp3) is 0.455. The topological polar surface area (TPSA) is 98.1 Å². The molecule has 1 atom stereocenters. The lowest BCUT2D eigenvalue weighted by molar-refractivity contribution is 0.114. The number of ether oxygens (including phenoxy) is 2. The Kier molecular flexibility index (Phi) is 6.17. The molecule has 3 heterocycles. The lowest BCUT2D eigenvalue weighted by Crippen LogP contribution is -2.37. The van der Waals surface area contributed by atoms with E-state index in [2.05, 4.69) is 29.9 Å². The van der Waals surface area contributed by atoms with Gasteiger partial charge in [-0.3, -0.25) is 0 Å². The molecule has 0 bridgehead atoms. The summed E-state index contributed by atoms with van der Waals surface area (Å²) in [6.45, 7) is 7.65. The maximum Gasteiger partial charge on any atom is 0.161 e. The zero-order valence-electron chi connectivity index (χ0n) is 17.5. The van der Waals surface area contributed by atoms with Gasteiger partial charge in [-0.25, -0.2) is 4.98 Å². The number of rotatable bonds is 7. The number of aliphatic hydroxyl groups is 1. The smallest absolute Gasteiger partial charge is 0.161 e. The van der Waals surface area contributed by atoms with E-state index < -0.39 is 6.10 Å². The summed E-state index contributed by atoms with van der Waals surface area (Å²) in [7, 11) is 0. The Bertz CT molecular complexity index is 998. The molecule has 1 aromatic carbocycles. The molecular weight excluding hydrogens is 382 g/mol. The molecule has 2 aromatic heterocycles. The number of anilines is 1. The van der Waals surface area contributed by atoms with Gasteiger partial charge in [-0.1, -0.05) is 26.0 Å². The molecule has 0 aliphatic carbocycles. The van der Waals surface area contributed by atoms with Gasteiger partial charge in [-0.2, -0.15) is 9.61 Å². The van der Waals surface area contributed by atoms with Crippen LogP contribution in [0.4, 0.5) is 5.82 Å². The summed E-state index contributed by atoms with van der Waals surface area (Å²) in [5.41, 5.74) is 9.25. The summed E-state index contributed by atoms with van der Waals surface area (Å²) in [6.07, 6.45) is 1.23. The van der Waals surface area contributed by atoms with Crippen LogP contribution in [0.15, 0.2) is 36.5 Å². The predicted molar refractivity (Wildman–Crippen MR) is 116 cm³/mol. The van der Waals surface area contributed by atoms with Gasteiger partial charge in [0.1, 0.15) is 24.3 Å². The van der Waals surface area contributed by atoms with Crippen LogP contribution in [0, 0.1) is 0 Å². The molecule has 0 radical (unpaired) electrons. The first-order valence-electron chi connectivity index (χ1n) is 10.4. The first-order valence-corrected chi connectivity index (χ1v) is 10.4. The molecule has 30 heavy (non-hydrogen) atoms. The SMILES string of the molecule is CC(C)c1cnn2c(N3CCOCC3)cc(-c3cccc(OC[C@@H](O)CN)c3)nc12. The highest BCUT2D eigenvalue weighted by atomic mass is 16.5. The van der Waals surface area contributed by atoms with Gasteiger partial charge in [-0.05, 0) is 18.1 Å². The lowest BCUT2D eigenvalue weighted by atomic mass is 10.1.